The topological polar surface area (TPSA) is 86.2 Å². The molecule has 0 atom stereocenters. The molecular weight excluding hydrogens is 587 g/mol. The summed E-state index contributed by atoms with van der Waals surface area (Å²) in [4.78, 5) is 15.2. The van der Waals surface area contributed by atoms with Crippen LogP contribution in [-0.4, -0.2) is 15.0 Å². The number of rotatable bonds is 5. The van der Waals surface area contributed by atoms with E-state index in [-0.39, 0.29) is 5.41 Å². The molecule has 12 rings (SSSR count). The molecule has 5 heteroatoms. The summed E-state index contributed by atoms with van der Waals surface area (Å²) < 4.78 is 0. The van der Waals surface area contributed by atoms with Crippen molar-refractivity contribution in [1.29, 1.82) is 10.5 Å². The minimum atomic E-state index is 0.277. The van der Waals surface area contributed by atoms with Crippen LogP contribution in [0.2, 0.25) is 0 Å². The van der Waals surface area contributed by atoms with Gasteiger partial charge in [0.25, 0.3) is 0 Å². The van der Waals surface area contributed by atoms with Gasteiger partial charge in [0.2, 0.25) is 0 Å². The van der Waals surface area contributed by atoms with Crippen LogP contribution in [-0.2, 0) is 10.8 Å². The highest BCUT2D eigenvalue weighted by molar-refractivity contribution is 5.69. The van der Waals surface area contributed by atoms with Gasteiger partial charge in [-0.1, -0.05) is 42.5 Å². The predicted molar refractivity (Wildman–Crippen MR) is 185 cm³/mol. The van der Waals surface area contributed by atoms with Crippen molar-refractivity contribution in [3.63, 3.8) is 0 Å². The standard InChI is InChI=1S/C43H41N5/c44-24-32-14-33(25-45)16-36(15-32)41-47-39(34-4-6-37(7-5-34)42-18-26-8-27(19-42)10-28(9-26)20-42)46-40(48-41)35-2-1-3-38(17-35)43-21-29-11-30(22-43)13-31(12-29)23-43/h1-7,14-17,26-31H,8-13,18-23H2/t26-,27+,28-,29-,30+,31-,42?,43?. The molecule has 0 radical (unpaired) electrons. The molecular formula is C43H41N5. The molecule has 0 saturated heterocycles. The summed E-state index contributed by atoms with van der Waals surface area (Å²) >= 11 is 0. The first-order chi connectivity index (χ1) is 23.4. The first-order valence-electron chi connectivity index (χ1n) is 18.4. The van der Waals surface area contributed by atoms with Crippen LogP contribution in [0.15, 0.2) is 66.7 Å². The van der Waals surface area contributed by atoms with Gasteiger partial charge in [0.05, 0.1) is 23.3 Å². The van der Waals surface area contributed by atoms with Crippen molar-refractivity contribution in [3.8, 4) is 46.3 Å². The second-order valence-electron chi connectivity index (χ2n) is 16.9. The third kappa shape index (κ3) is 4.65. The highest BCUT2D eigenvalue weighted by Gasteiger charge is 2.52. The van der Waals surface area contributed by atoms with E-state index in [0.717, 1.165) is 46.6 Å². The van der Waals surface area contributed by atoms with Crippen molar-refractivity contribution >= 4 is 0 Å². The molecule has 1 aromatic heterocycles. The van der Waals surface area contributed by atoms with Crippen LogP contribution in [0.4, 0.5) is 0 Å². The molecule has 4 aromatic rings. The van der Waals surface area contributed by atoms with Gasteiger partial charge < -0.3 is 0 Å². The molecule has 8 bridgehead atoms. The van der Waals surface area contributed by atoms with Crippen LogP contribution in [0.1, 0.15) is 99.3 Å². The Kier molecular flexibility index (Phi) is 6.31. The summed E-state index contributed by atoms with van der Waals surface area (Å²) in [6.07, 6.45) is 16.6. The van der Waals surface area contributed by atoms with E-state index in [4.69, 9.17) is 15.0 Å². The van der Waals surface area contributed by atoms with E-state index in [0.29, 0.717) is 39.6 Å². The van der Waals surface area contributed by atoms with Crippen molar-refractivity contribution in [2.75, 3.05) is 0 Å². The van der Waals surface area contributed by atoms with Crippen molar-refractivity contribution in [2.24, 2.45) is 35.5 Å². The highest BCUT2D eigenvalue weighted by Crippen LogP contribution is 2.62. The van der Waals surface area contributed by atoms with E-state index in [2.05, 4.69) is 60.7 Å². The van der Waals surface area contributed by atoms with E-state index >= 15 is 0 Å². The minimum absolute atomic E-state index is 0.277. The molecule has 1 heterocycles. The lowest BCUT2D eigenvalue weighted by Gasteiger charge is -2.57. The van der Waals surface area contributed by atoms with E-state index in [1.165, 1.54) is 88.2 Å². The second-order valence-corrected chi connectivity index (χ2v) is 16.9. The Bertz CT molecular complexity index is 1920. The van der Waals surface area contributed by atoms with Crippen molar-refractivity contribution in [3.05, 3.63) is 89.0 Å². The van der Waals surface area contributed by atoms with Crippen LogP contribution < -0.4 is 0 Å². The lowest BCUT2D eigenvalue weighted by atomic mass is 9.48. The first-order valence-corrected chi connectivity index (χ1v) is 18.4. The maximum absolute atomic E-state index is 9.74. The molecule has 0 unspecified atom stereocenters. The normalized spacial score (nSPS) is 33.8. The average Bonchev–Trinajstić information content (AvgIpc) is 3.10. The fourth-order valence-electron chi connectivity index (χ4n) is 12.5. The van der Waals surface area contributed by atoms with Crippen LogP contribution in [0.5, 0.6) is 0 Å². The van der Waals surface area contributed by atoms with E-state index < -0.39 is 0 Å². The molecule has 8 aliphatic carbocycles. The van der Waals surface area contributed by atoms with E-state index in [1.807, 2.05) is 0 Å². The largest absolute Gasteiger partial charge is 0.208 e. The lowest BCUT2D eigenvalue weighted by molar-refractivity contribution is -0.00529. The minimum Gasteiger partial charge on any atom is -0.208 e. The van der Waals surface area contributed by atoms with Crippen LogP contribution in [0, 0.1) is 58.2 Å². The maximum Gasteiger partial charge on any atom is 0.164 e. The molecule has 5 nitrogen and oxygen atoms in total. The highest BCUT2D eigenvalue weighted by atomic mass is 15.0. The van der Waals surface area contributed by atoms with Gasteiger partial charge in [0, 0.05) is 16.7 Å². The lowest BCUT2D eigenvalue weighted by Crippen LogP contribution is -2.48. The number of benzene rings is 3. The second kappa shape index (κ2) is 10.6. The fourth-order valence-corrected chi connectivity index (χ4v) is 12.5. The third-order valence-corrected chi connectivity index (χ3v) is 13.6. The van der Waals surface area contributed by atoms with E-state index in [1.54, 1.807) is 18.2 Å². The van der Waals surface area contributed by atoms with Gasteiger partial charge in [-0.15, -0.1) is 0 Å². The Morgan fingerprint density at radius 3 is 1.38 bits per heavy atom. The van der Waals surface area contributed by atoms with Gasteiger partial charge in [-0.25, -0.2) is 15.0 Å². The number of nitrogens with zero attached hydrogens (tertiary/aromatic N) is 5. The molecule has 48 heavy (non-hydrogen) atoms. The molecule has 238 valence electrons. The summed E-state index contributed by atoms with van der Waals surface area (Å²) in [5, 5.41) is 19.5. The number of nitriles is 2. The van der Waals surface area contributed by atoms with Gasteiger partial charge >= 0.3 is 0 Å². The van der Waals surface area contributed by atoms with Crippen LogP contribution in [0.3, 0.4) is 0 Å². The molecule has 0 N–H and O–H groups in total. The summed E-state index contributed by atoms with van der Waals surface area (Å²) in [5.74, 6) is 7.11. The summed E-state index contributed by atoms with van der Waals surface area (Å²) in [7, 11) is 0. The molecule has 3 aromatic carbocycles. The Labute approximate surface area is 283 Å². The zero-order valence-electron chi connectivity index (χ0n) is 27.5. The predicted octanol–water partition coefficient (Wildman–Crippen LogP) is 9.55. The monoisotopic (exact) mass is 627 g/mol. The Balaban J connectivity index is 1.06. The number of hydrogen-bond acceptors (Lipinski definition) is 5. The van der Waals surface area contributed by atoms with Crippen LogP contribution >= 0.6 is 0 Å². The summed E-state index contributed by atoms with van der Waals surface area (Å²) in [5.41, 5.74) is 7.05. The molecule has 0 spiro atoms. The molecule has 0 aliphatic heterocycles. The molecule has 8 aliphatic rings. The molecule has 0 amide bonds. The average molecular weight is 628 g/mol. The quantitative estimate of drug-likeness (QED) is 0.220. The van der Waals surface area contributed by atoms with E-state index in [9.17, 15) is 10.5 Å². The van der Waals surface area contributed by atoms with Crippen molar-refractivity contribution in [2.45, 2.75) is 87.9 Å². The Morgan fingerprint density at radius 1 is 0.458 bits per heavy atom. The van der Waals surface area contributed by atoms with Gasteiger partial charge in [-0.05, 0) is 159 Å². The smallest absolute Gasteiger partial charge is 0.164 e. The van der Waals surface area contributed by atoms with Crippen molar-refractivity contribution < 1.29 is 0 Å². The van der Waals surface area contributed by atoms with Gasteiger partial charge in [0.15, 0.2) is 17.5 Å². The zero-order valence-corrected chi connectivity index (χ0v) is 27.5. The Hall–Kier alpha value is -4.35. The number of hydrogen-bond donors (Lipinski definition) is 0. The Morgan fingerprint density at radius 2 is 0.896 bits per heavy atom. The summed E-state index contributed by atoms with van der Waals surface area (Å²) in [6.45, 7) is 0. The number of aromatic nitrogens is 3. The fraction of sp³-hybridized carbons (Fsp3) is 0.465. The molecule has 8 fully saturated rings. The van der Waals surface area contributed by atoms with Gasteiger partial charge in [-0.3, -0.25) is 0 Å². The molecule has 8 saturated carbocycles. The van der Waals surface area contributed by atoms with Crippen molar-refractivity contribution in [1.82, 2.24) is 15.0 Å². The first kappa shape index (κ1) is 28.6. The van der Waals surface area contributed by atoms with Gasteiger partial charge in [-0.2, -0.15) is 10.5 Å². The van der Waals surface area contributed by atoms with Crippen LogP contribution in [0.25, 0.3) is 34.2 Å². The van der Waals surface area contributed by atoms with Gasteiger partial charge in [0.1, 0.15) is 0 Å². The third-order valence-electron chi connectivity index (χ3n) is 13.6. The zero-order chi connectivity index (χ0) is 32.0. The SMILES string of the molecule is N#Cc1cc(C#N)cc(-c2nc(-c3ccc(C45C[C@H]6C[C@@H](C4)C[C@@H](C5)C6)cc3)nc(-c3cccc(C45C[C@H]6C[C@@H](C4)C[C@@H](C5)C6)c3)n2)c1. The summed E-state index contributed by atoms with van der Waals surface area (Å²) in [6, 6.07) is 27.8. The maximum atomic E-state index is 9.74.